The fourth-order valence-corrected chi connectivity index (χ4v) is 2.14. The second-order valence-corrected chi connectivity index (χ2v) is 5.92. The van der Waals surface area contributed by atoms with E-state index in [4.69, 9.17) is 23.2 Å². The maximum Gasteiger partial charge on any atom is 0.199 e. The Balaban J connectivity index is 0.000000224. The molecule has 0 spiro atoms. The minimum Gasteiger partial charge on any atom is -0.294 e. The molecule has 0 radical (unpaired) electrons. The number of carbonyl (C=O) groups is 2. The van der Waals surface area contributed by atoms with Crippen LogP contribution >= 0.6 is 23.2 Å². The number of nitrogens with zero attached hydrogens (tertiary/aromatic N) is 4. The maximum atomic E-state index is 11.3. The number of aromatic nitrogens is 4. The molecule has 0 saturated carbocycles. The molecule has 0 N–H and O–H groups in total. The van der Waals surface area contributed by atoms with Crippen LogP contribution < -0.4 is 0 Å². The van der Waals surface area contributed by atoms with E-state index in [-0.39, 0.29) is 11.6 Å². The second kappa shape index (κ2) is 7.56. The molecule has 6 nitrogen and oxygen atoms in total. The zero-order valence-electron chi connectivity index (χ0n) is 13.1. The number of alkyl halides is 2. The van der Waals surface area contributed by atoms with Gasteiger partial charge in [0.2, 0.25) is 0 Å². The van der Waals surface area contributed by atoms with Crippen LogP contribution in [0.1, 0.15) is 39.0 Å². The van der Waals surface area contributed by atoms with E-state index in [0.717, 1.165) is 5.69 Å². The van der Waals surface area contributed by atoms with Gasteiger partial charge in [-0.3, -0.25) is 19.0 Å². The highest BCUT2D eigenvalue weighted by Crippen LogP contribution is 2.14. The van der Waals surface area contributed by atoms with Crippen LogP contribution in [0, 0.1) is 13.8 Å². The summed E-state index contributed by atoms with van der Waals surface area (Å²) in [6.45, 7) is 5.12. The van der Waals surface area contributed by atoms with Gasteiger partial charge in [0.05, 0.1) is 22.5 Å². The number of rotatable bonds is 3. The molecule has 2 aromatic rings. The van der Waals surface area contributed by atoms with E-state index in [0.29, 0.717) is 16.8 Å². The van der Waals surface area contributed by atoms with Gasteiger partial charge in [-0.1, -0.05) is 23.2 Å². The van der Waals surface area contributed by atoms with Gasteiger partial charge in [0.1, 0.15) is 0 Å². The van der Waals surface area contributed by atoms with Crippen LogP contribution in [0.5, 0.6) is 0 Å². The molecule has 8 heteroatoms. The monoisotopic (exact) mass is 344 g/mol. The first kappa shape index (κ1) is 18.4. The average molecular weight is 345 g/mol. The Labute approximate surface area is 139 Å². The van der Waals surface area contributed by atoms with E-state index in [9.17, 15) is 9.59 Å². The summed E-state index contributed by atoms with van der Waals surface area (Å²) in [5.74, 6) is -0.227. The maximum absolute atomic E-state index is 11.3. The lowest BCUT2D eigenvalue weighted by atomic mass is 10.2. The molecule has 0 aliphatic heterocycles. The topological polar surface area (TPSA) is 69.8 Å². The van der Waals surface area contributed by atoms with Gasteiger partial charge in [-0.2, -0.15) is 10.2 Å². The van der Waals surface area contributed by atoms with Crippen LogP contribution in [0.4, 0.5) is 0 Å². The molecule has 0 fully saturated rings. The van der Waals surface area contributed by atoms with Crippen molar-refractivity contribution in [3.05, 3.63) is 34.9 Å². The molecular weight excluding hydrogens is 327 g/mol. The number of hydrogen-bond acceptors (Lipinski definition) is 4. The molecule has 2 aromatic heterocycles. The van der Waals surface area contributed by atoms with Crippen molar-refractivity contribution in [2.45, 2.75) is 25.6 Å². The van der Waals surface area contributed by atoms with Gasteiger partial charge in [0.25, 0.3) is 0 Å². The van der Waals surface area contributed by atoms with Gasteiger partial charge in [-0.15, -0.1) is 0 Å². The highest BCUT2D eigenvalue weighted by molar-refractivity contribution is 6.55. The lowest BCUT2D eigenvalue weighted by Gasteiger charge is -1.96. The highest BCUT2D eigenvalue weighted by Gasteiger charge is 2.18. The van der Waals surface area contributed by atoms with Gasteiger partial charge in [-0.05, 0) is 20.8 Å². The first-order valence-corrected chi connectivity index (χ1v) is 7.34. The van der Waals surface area contributed by atoms with E-state index in [1.165, 1.54) is 0 Å². The first-order valence-electron chi connectivity index (χ1n) is 6.47. The van der Waals surface area contributed by atoms with E-state index >= 15 is 0 Å². The Kier molecular flexibility index (Phi) is 6.32. The third-order valence-electron chi connectivity index (χ3n) is 2.87. The Morgan fingerprint density at radius 3 is 1.64 bits per heavy atom. The molecule has 0 bridgehead atoms. The molecule has 2 rings (SSSR count). The normalized spacial score (nSPS) is 10.4. The van der Waals surface area contributed by atoms with Gasteiger partial charge < -0.3 is 0 Å². The molecule has 0 aromatic carbocycles. The second-order valence-electron chi connectivity index (χ2n) is 4.82. The molecule has 0 aliphatic rings. The summed E-state index contributed by atoms with van der Waals surface area (Å²) in [7, 11) is 3.54. The van der Waals surface area contributed by atoms with Crippen molar-refractivity contribution in [1.29, 1.82) is 0 Å². The Morgan fingerprint density at radius 1 is 1.00 bits per heavy atom. The minimum absolute atomic E-state index is 0.0746. The summed E-state index contributed by atoms with van der Waals surface area (Å²) < 4.78 is 3.20. The predicted molar refractivity (Wildman–Crippen MR) is 85.7 cm³/mol. The summed E-state index contributed by atoms with van der Waals surface area (Å²) in [4.78, 5) is 21.1. The quantitative estimate of drug-likeness (QED) is 0.633. The van der Waals surface area contributed by atoms with Crippen molar-refractivity contribution in [3.8, 4) is 0 Å². The van der Waals surface area contributed by atoms with E-state index < -0.39 is 4.84 Å². The van der Waals surface area contributed by atoms with Gasteiger partial charge >= 0.3 is 0 Å². The van der Waals surface area contributed by atoms with Crippen molar-refractivity contribution < 1.29 is 9.59 Å². The van der Waals surface area contributed by atoms with Crippen molar-refractivity contribution in [3.63, 3.8) is 0 Å². The molecule has 0 saturated heterocycles. The van der Waals surface area contributed by atoms with Crippen molar-refractivity contribution in [1.82, 2.24) is 19.6 Å². The van der Waals surface area contributed by atoms with Gasteiger partial charge in [0, 0.05) is 26.5 Å². The van der Waals surface area contributed by atoms with E-state index in [1.54, 1.807) is 49.7 Å². The number of carbonyl (C=O) groups excluding carboxylic acids is 2. The molecule has 0 amide bonds. The summed E-state index contributed by atoms with van der Waals surface area (Å²) >= 11 is 10.8. The predicted octanol–water partition coefficient (Wildman–Crippen LogP) is 2.65. The molecule has 120 valence electrons. The van der Waals surface area contributed by atoms with Crippen molar-refractivity contribution in [2.24, 2.45) is 14.1 Å². The lowest BCUT2D eigenvalue weighted by Crippen LogP contribution is -2.08. The zero-order valence-corrected chi connectivity index (χ0v) is 14.6. The van der Waals surface area contributed by atoms with Crippen LogP contribution in [-0.2, 0) is 14.1 Å². The van der Waals surface area contributed by atoms with Crippen molar-refractivity contribution in [2.75, 3.05) is 0 Å². The first-order chi connectivity index (χ1) is 10.1. The SMILES string of the molecule is CC(=O)c1cn(C)nc1C.Cc1nn(C)cc1C(=O)C(Cl)Cl. The fraction of sp³-hybridized carbons (Fsp3) is 0.429. The summed E-state index contributed by atoms with van der Waals surface area (Å²) in [5.41, 5.74) is 2.64. The highest BCUT2D eigenvalue weighted by atomic mass is 35.5. The molecule has 0 atom stereocenters. The average Bonchev–Trinajstić information content (AvgIpc) is 2.91. The Bertz CT molecular complexity index is 689. The number of aryl methyl sites for hydroxylation is 4. The molecule has 2 heterocycles. The van der Waals surface area contributed by atoms with Crippen LogP contribution in [0.15, 0.2) is 12.4 Å². The van der Waals surface area contributed by atoms with Crippen LogP contribution in [0.25, 0.3) is 0 Å². The lowest BCUT2D eigenvalue weighted by molar-refractivity contribution is 0.100. The minimum atomic E-state index is -1.01. The number of ketones is 2. The number of halogens is 2. The Morgan fingerprint density at radius 2 is 1.41 bits per heavy atom. The summed E-state index contributed by atoms with van der Waals surface area (Å²) in [6.07, 6.45) is 3.34. The number of hydrogen-bond donors (Lipinski definition) is 0. The molecule has 0 aliphatic carbocycles. The smallest absolute Gasteiger partial charge is 0.199 e. The standard InChI is InChI=1S/C7H8Cl2N2O.C7H10N2O/c1-4-5(3-11(2)10-4)6(12)7(8)9;1-5-7(6(2)10)4-9(3)8-5/h3,7H,1-2H3;4H,1-3H3. The molecule has 22 heavy (non-hydrogen) atoms. The zero-order chi connectivity index (χ0) is 17.0. The Hall–Kier alpha value is -1.66. The number of Topliss-reactive ketones (excluding diaryl/α,β-unsaturated/α-hetero) is 2. The largest absolute Gasteiger partial charge is 0.294 e. The molecule has 0 unspecified atom stereocenters. The third-order valence-corrected chi connectivity index (χ3v) is 3.27. The fourth-order valence-electron chi connectivity index (χ4n) is 1.90. The van der Waals surface area contributed by atoms with Gasteiger partial charge in [0.15, 0.2) is 16.4 Å². The summed E-state index contributed by atoms with van der Waals surface area (Å²) in [5, 5.41) is 8.02. The third kappa shape index (κ3) is 4.68. The summed E-state index contributed by atoms with van der Waals surface area (Å²) in [6, 6.07) is 0. The van der Waals surface area contributed by atoms with E-state index in [2.05, 4.69) is 10.2 Å². The van der Waals surface area contributed by atoms with Crippen molar-refractivity contribution >= 4 is 34.8 Å². The van der Waals surface area contributed by atoms with Crippen LogP contribution in [0.3, 0.4) is 0 Å². The molecular formula is C14H18Cl2N4O2. The van der Waals surface area contributed by atoms with Crippen LogP contribution in [-0.4, -0.2) is 36.0 Å². The van der Waals surface area contributed by atoms with Gasteiger partial charge in [-0.25, -0.2) is 0 Å². The van der Waals surface area contributed by atoms with Crippen LogP contribution in [0.2, 0.25) is 0 Å². The van der Waals surface area contributed by atoms with E-state index in [1.807, 2.05) is 6.92 Å².